The fraction of sp³-hybridized carbons (Fsp3) is 0.500. The first-order valence-corrected chi connectivity index (χ1v) is 5.63. The highest BCUT2D eigenvalue weighted by molar-refractivity contribution is 7.98. The van der Waals surface area contributed by atoms with Crippen molar-refractivity contribution in [1.82, 2.24) is 15.5 Å². The van der Waals surface area contributed by atoms with Gasteiger partial charge in [0, 0.05) is 11.8 Å². The molecule has 0 aliphatic heterocycles. The number of rotatable bonds is 4. The minimum Gasteiger partial charge on any atom is -0.383 e. The molecule has 1 aromatic rings. The zero-order chi connectivity index (χ0) is 10.6. The molecule has 78 valence electrons. The van der Waals surface area contributed by atoms with E-state index in [2.05, 4.69) is 15.5 Å². The van der Waals surface area contributed by atoms with Crippen LogP contribution < -0.4 is 11.1 Å². The summed E-state index contributed by atoms with van der Waals surface area (Å²) in [6, 6.07) is 0.131. The highest BCUT2D eigenvalue weighted by Gasteiger charge is 2.13. The second-order valence-corrected chi connectivity index (χ2v) is 3.94. The number of nitrogens with two attached hydrogens (primary N) is 1. The van der Waals surface area contributed by atoms with Crippen molar-refractivity contribution in [2.75, 3.05) is 17.7 Å². The number of nitrogens with one attached hydrogen (secondary N) is 2. The molecule has 5 nitrogen and oxygen atoms in total. The fourth-order valence-electron chi connectivity index (χ4n) is 1.07. The molecule has 4 N–H and O–H groups in total. The Labute approximate surface area is 86.8 Å². The molecular formula is C8H14N4OS. The summed E-state index contributed by atoms with van der Waals surface area (Å²) in [5, 5.41) is 9.02. The Morgan fingerprint density at radius 2 is 2.57 bits per heavy atom. The molecule has 1 atom stereocenters. The Kier molecular flexibility index (Phi) is 3.82. The third-order valence-electron chi connectivity index (χ3n) is 1.71. The van der Waals surface area contributed by atoms with E-state index in [9.17, 15) is 4.79 Å². The van der Waals surface area contributed by atoms with Crippen molar-refractivity contribution < 1.29 is 4.79 Å². The van der Waals surface area contributed by atoms with Crippen LogP contribution in [0.1, 0.15) is 17.3 Å². The lowest BCUT2D eigenvalue weighted by Gasteiger charge is -2.11. The molecule has 0 radical (unpaired) electrons. The van der Waals surface area contributed by atoms with Crippen LogP contribution >= 0.6 is 11.8 Å². The third kappa shape index (κ3) is 2.66. The van der Waals surface area contributed by atoms with Gasteiger partial charge in [-0.1, -0.05) is 0 Å². The minimum absolute atomic E-state index is 0.131. The molecule has 1 unspecified atom stereocenters. The first-order valence-electron chi connectivity index (χ1n) is 4.23. The number of aromatic nitrogens is 2. The predicted molar refractivity (Wildman–Crippen MR) is 58.3 cm³/mol. The summed E-state index contributed by atoms with van der Waals surface area (Å²) >= 11 is 1.68. The molecule has 0 aromatic carbocycles. The van der Waals surface area contributed by atoms with Gasteiger partial charge in [-0.2, -0.15) is 16.9 Å². The molecule has 0 bridgehead atoms. The van der Waals surface area contributed by atoms with Gasteiger partial charge in [-0.15, -0.1) is 0 Å². The van der Waals surface area contributed by atoms with Crippen molar-refractivity contribution in [3.8, 4) is 0 Å². The van der Waals surface area contributed by atoms with Crippen molar-refractivity contribution in [2.45, 2.75) is 13.0 Å². The van der Waals surface area contributed by atoms with Gasteiger partial charge in [-0.3, -0.25) is 9.89 Å². The summed E-state index contributed by atoms with van der Waals surface area (Å²) in [7, 11) is 0. The number of thioether (sulfide) groups is 1. The number of H-pyrrole nitrogens is 1. The molecule has 0 aliphatic rings. The van der Waals surface area contributed by atoms with Gasteiger partial charge in [0.1, 0.15) is 11.4 Å². The standard InChI is InChI=1S/C8H14N4OS/c1-5(4-14-2)11-8(13)6-3-10-12-7(6)9/h3,5H,4H2,1-2H3,(H,11,13)(H3,9,10,12). The van der Waals surface area contributed by atoms with Gasteiger partial charge < -0.3 is 11.1 Å². The predicted octanol–water partition coefficient (Wildman–Crippen LogP) is 0.473. The Bertz CT molecular complexity index is 312. The zero-order valence-electron chi connectivity index (χ0n) is 8.20. The maximum absolute atomic E-state index is 11.6. The van der Waals surface area contributed by atoms with E-state index in [0.29, 0.717) is 11.4 Å². The van der Waals surface area contributed by atoms with E-state index >= 15 is 0 Å². The van der Waals surface area contributed by atoms with Crippen LogP contribution in [0.4, 0.5) is 5.82 Å². The van der Waals surface area contributed by atoms with Crippen LogP contribution in [0.2, 0.25) is 0 Å². The maximum atomic E-state index is 11.6. The van der Waals surface area contributed by atoms with E-state index in [-0.39, 0.29) is 11.9 Å². The number of nitrogen functional groups attached to an aromatic ring is 1. The normalized spacial score (nSPS) is 12.4. The highest BCUT2D eigenvalue weighted by atomic mass is 32.2. The van der Waals surface area contributed by atoms with E-state index in [4.69, 9.17) is 5.73 Å². The SMILES string of the molecule is CSCC(C)NC(=O)c1cn[nH]c1N. The van der Waals surface area contributed by atoms with Crippen molar-refractivity contribution in [3.05, 3.63) is 11.8 Å². The number of hydrogen-bond donors (Lipinski definition) is 3. The zero-order valence-corrected chi connectivity index (χ0v) is 9.02. The molecule has 0 saturated heterocycles. The fourth-order valence-corrected chi connectivity index (χ4v) is 1.65. The average molecular weight is 214 g/mol. The number of amides is 1. The summed E-state index contributed by atoms with van der Waals surface area (Å²) in [5.74, 6) is 1.00. The molecule has 0 aliphatic carbocycles. The monoisotopic (exact) mass is 214 g/mol. The van der Waals surface area contributed by atoms with Crippen molar-refractivity contribution >= 4 is 23.5 Å². The van der Waals surface area contributed by atoms with Gasteiger partial charge in [0.05, 0.1) is 6.20 Å². The Morgan fingerprint density at radius 3 is 3.07 bits per heavy atom. The summed E-state index contributed by atoms with van der Waals surface area (Å²) in [5.41, 5.74) is 5.91. The maximum Gasteiger partial charge on any atom is 0.256 e. The van der Waals surface area contributed by atoms with Gasteiger partial charge in [0.2, 0.25) is 0 Å². The highest BCUT2D eigenvalue weighted by Crippen LogP contribution is 2.06. The largest absolute Gasteiger partial charge is 0.383 e. The van der Waals surface area contributed by atoms with Gasteiger partial charge in [-0.25, -0.2) is 0 Å². The van der Waals surface area contributed by atoms with E-state index in [1.54, 1.807) is 11.8 Å². The first-order chi connectivity index (χ1) is 6.65. The van der Waals surface area contributed by atoms with Crippen molar-refractivity contribution in [1.29, 1.82) is 0 Å². The van der Waals surface area contributed by atoms with Gasteiger partial charge >= 0.3 is 0 Å². The molecule has 0 fully saturated rings. The Hall–Kier alpha value is -1.17. The Morgan fingerprint density at radius 1 is 1.86 bits per heavy atom. The Balaban J connectivity index is 2.55. The van der Waals surface area contributed by atoms with E-state index in [1.807, 2.05) is 13.2 Å². The van der Waals surface area contributed by atoms with Gasteiger partial charge in [-0.05, 0) is 13.2 Å². The summed E-state index contributed by atoms with van der Waals surface area (Å²) < 4.78 is 0. The molecule has 1 rings (SSSR count). The lowest BCUT2D eigenvalue weighted by Crippen LogP contribution is -2.34. The van der Waals surface area contributed by atoms with Crippen LogP contribution in [0.25, 0.3) is 0 Å². The van der Waals surface area contributed by atoms with Crippen LogP contribution in [0.5, 0.6) is 0 Å². The smallest absolute Gasteiger partial charge is 0.256 e. The quantitative estimate of drug-likeness (QED) is 0.680. The summed E-state index contributed by atoms with van der Waals surface area (Å²) in [6.07, 6.45) is 3.42. The number of carbonyl (C=O) groups is 1. The third-order valence-corrected chi connectivity index (χ3v) is 2.54. The van der Waals surface area contributed by atoms with E-state index in [1.165, 1.54) is 6.20 Å². The van der Waals surface area contributed by atoms with Gasteiger partial charge in [0.15, 0.2) is 0 Å². The van der Waals surface area contributed by atoms with E-state index in [0.717, 1.165) is 5.75 Å². The lowest BCUT2D eigenvalue weighted by molar-refractivity contribution is 0.0945. The number of carbonyl (C=O) groups excluding carboxylic acids is 1. The second-order valence-electron chi connectivity index (χ2n) is 3.03. The van der Waals surface area contributed by atoms with E-state index < -0.39 is 0 Å². The second kappa shape index (κ2) is 4.90. The van der Waals surface area contributed by atoms with Crippen molar-refractivity contribution in [3.63, 3.8) is 0 Å². The topological polar surface area (TPSA) is 83.8 Å². The van der Waals surface area contributed by atoms with Crippen molar-refractivity contribution in [2.24, 2.45) is 0 Å². The molecular weight excluding hydrogens is 200 g/mol. The average Bonchev–Trinajstić information content (AvgIpc) is 2.51. The van der Waals surface area contributed by atoms with Crippen LogP contribution in [0.15, 0.2) is 6.20 Å². The summed E-state index contributed by atoms with van der Waals surface area (Å²) in [6.45, 7) is 1.95. The van der Waals surface area contributed by atoms with Gasteiger partial charge in [0.25, 0.3) is 5.91 Å². The molecule has 0 spiro atoms. The molecule has 0 saturated carbocycles. The molecule has 1 heterocycles. The number of nitrogens with zero attached hydrogens (tertiary/aromatic N) is 1. The lowest BCUT2D eigenvalue weighted by atomic mass is 10.3. The minimum atomic E-state index is -0.183. The number of hydrogen-bond acceptors (Lipinski definition) is 4. The molecule has 1 aromatic heterocycles. The summed E-state index contributed by atoms with van der Waals surface area (Å²) in [4.78, 5) is 11.6. The van der Waals surface area contributed by atoms with Crippen LogP contribution in [-0.2, 0) is 0 Å². The first kappa shape index (κ1) is 10.9. The molecule has 6 heteroatoms. The number of aromatic amines is 1. The number of anilines is 1. The molecule has 14 heavy (non-hydrogen) atoms. The van der Waals surface area contributed by atoms with Crippen LogP contribution in [-0.4, -0.2) is 34.2 Å². The van der Waals surface area contributed by atoms with Crippen LogP contribution in [0.3, 0.4) is 0 Å². The molecule has 1 amide bonds. The van der Waals surface area contributed by atoms with Crippen LogP contribution in [0, 0.1) is 0 Å².